The molecule has 2 heterocycles. The molecule has 0 amide bonds. The SMILES string of the molecule is Fc1ccc2c(c1)C(Nc1ncnc3c1cnn3-c1ccccc1)CC2. The second-order valence-electron chi connectivity index (χ2n) is 6.43. The van der Waals surface area contributed by atoms with Crippen molar-refractivity contribution < 1.29 is 4.39 Å². The molecule has 2 aromatic carbocycles. The molecule has 128 valence electrons. The molecule has 6 heteroatoms. The van der Waals surface area contributed by atoms with Gasteiger partial charge < -0.3 is 5.32 Å². The number of anilines is 1. The van der Waals surface area contributed by atoms with E-state index >= 15 is 0 Å². The molecule has 2 aromatic heterocycles. The summed E-state index contributed by atoms with van der Waals surface area (Å²) in [6.45, 7) is 0. The van der Waals surface area contributed by atoms with Gasteiger partial charge in [0.1, 0.15) is 18.0 Å². The maximum atomic E-state index is 13.7. The molecule has 26 heavy (non-hydrogen) atoms. The van der Waals surface area contributed by atoms with Crippen LogP contribution < -0.4 is 5.32 Å². The minimum atomic E-state index is -0.206. The quantitative estimate of drug-likeness (QED) is 0.608. The molecule has 1 unspecified atom stereocenters. The summed E-state index contributed by atoms with van der Waals surface area (Å²) in [6, 6.07) is 14.9. The third-order valence-electron chi connectivity index (χ3n) is 4.86. The number of aromatic nitrogens is 4. The maximum absolute atomic E-state index is 13.7. The highest BCUT2D eigenvalue weighted by Crippen LogP contribution is 2.35. The van der Waals surface area contributed by atoms with Gasteiger partial charge in [0.25, 0.3) is 0 Å². The van der Waals surface area contributed by atoms with Gasteiger partial charge in [0.2, 0.25) is 0 Å². The normalized spacial score (nSPS) is 16.0. The van der Waals surface area contributed by atoms with Gasteiger partial charge in [0, 0.05) is 0 Å². The number of nitrogens with one attached hydrogen (secondary N) is 1. The van der Waals surface area contributed by atoms with Gasteiger partial charge in [-0.3, -0.25) is 0 Å². The summed E-state index contributed by atoms with van der Waals surface area (Å²) in [7, 11) is 0. The number of hydrogen-bond donors (Lipinski definition) is 1. The molecule has 1 aliphatic carbocycles. The van der Waals surface area contributed by atoms with Gasteiger partial charge in [-0.2, -0.15) is 5.10 Å². The average Bonchev–Trinajstić information content (AvgIpc) is 3.27. The Bertz CT molecular complexity index is 1090. The highest BCUT2D eigenvalue weighted by Gasteiger charge is 2.24. The molecule has 5 rings (SSSR count). The molecule has 1 aliphatic rings. The van der Waals surface area contributed by atoms with Crippen LogP contribution in [0.2, 0.25) is 0 Å². The molecular formula is C20H16FN5. The summed E-state index contributed by atoms with van der Waals surface area (Å²) in [5.74, 6) is 0.515. The van der Waals surface area contributed by atoms with Crippen molar-refractivity contribution in [2.24, 2.45) is 0 Å². The molecule has 1 atom stereocenters. The van der Waals surface area contributed by atoms with Crippen LogP contribution in [0.4, 0.5) is 10.2 Å². The van der Waals surface area contributed by atoms with E-state index in [2.05, 4.69) is 20.4 Å². The van der Waals surface area contributed by atoms with E-state index < -0.39 is 0 Å². The number of nitrogens with zero attached hydrogens (tertiary/aromatic N) is 4. The van der Waals surface area contributed by atoms with E-state index in [1.807, 2.05) is 36.4 Å². The first-order chi connectivity index (χ1) is 12.8. The highest BCUT2D eigenvalue weighted by atomic mass is 19.1. The lowest BCUT2D eigenvalue weighted by atomic mass is 10.1. The van der Waals surface area contributed by atoms with Crippen molar-refractivity contribution in [3.8, 4) is 5.69 Å². The van der Waals surface area contributed by atoms with E-state index in [-0.39, 0.29) is 11.9 Å². The van der Waals surface area contributed by atoms with Gasteiger partial charge in [0.15, 0.2) is 5.65 Å². The Morgan fingerprint density at radius 2 is 1.96 bits per heavy atom. The van der Waals surface area contributed by atoms with Crippen molar-refractivity contribution in [2.75, 3.05) is 5.32 Å². The number of para-hydroxylation sites is 1. The van der Waals surface area contributed by atoms with E-state index in [4.69, 9.17) is 0 Å². The number of benzene rings is 2. The van der Waals surface area contributed by atoms with E-state index in [1.54, 1.807) is 16.9 Å². The summed E-state index contributed by atoms with van der Waals surface area (Å²) in [5, 5.41) is 8.78. The van der Waals surface area contributed by atoms with Gasteiger partial charge in [-0.05, 0) is 48.2 Å². The number of rotatable bonds is 3. The Labute approximate surface area is 149 Å². The number of aryl methyl sites for hydroxylation is 1. The average molecular weight is 345 g/mol. The van der Waals surface area contributed by atoms with Gasteiger partial charge in [-0.1, -0.05) is 24.3 Å². The standard InChI is InChI=1S/C20H16FN5/c21-14-8-6-13-7-9-18(16(13)10-14)25-19-17-11-24-26(20(17)23-12-22-19)15-4-2-1-3-5-15/h1-6,8,10-12,18H,7,9H2,(H,22,23,25). The van der Waals surface area contributed by atoms with Crippen LogP contribution in [-0.4, -0.2) is 19.7 Å². The first kappa shape index (κ1) is 15.0. The molecule has 0 saturated heterocycles. The zero-order chi connectivity index (χ0) is 17.5. The second kappa shape index (κ2) is 5.91. The van der Waals surface area contributed by atoms with Gasteiger partial charge >= 0.3 is 0 Å². The van der Waals surface area contributed by atoms with Crippen molar-refractivity contribution in [3.63, 3.8) is 0 Å². The van der Waals surface area contributed by atoms with Crippen LogP contribution in [0.1, 0.15) is 23.6 Å². The van der Waals surface area contributed by atoms with Crippen LogP contribution in [0.15, 0.2) is 61.1 Å². The van der Waals surface area contributed by atoms with Crippen LogP contribution in [0, 0.1) is 5.82 Å². The Morgan fingerprint density at radius 1 is 1.08 bits per heavy atom. The Kier molecular flexibility index (Phi) is 3.41. The van der Waals surface area contributed by atoms with Crippen LogP contribution in [0.5, 0.6) is 0 Å². The predicted octanol–water partition coefficient (Wildman–Crippen LogP) is 4.05. The molecule has 0 fully saturated rings. The zero-order valence-electron chi connectivity index (χ0n) is 13.9. The van der Waals surface area contributed by atoms with Crippen LogP contribution in [0.25, 0.3) is 16.7 Å². The van der Waals surface area contributed by atoms with Crippen molar-refractivity contribution in [1.82, 2.24) is 19.7 Å². The summed E-state index contributed by atoms with van der Waals surface area (Å²) >= 11 is 0. The van der Waals surface area contributed by atoms with Crippen molar-refractivity contribution in [1.29, 1.82) is 0 Å². The van der Waals surface area contributed by atoms with Crippen LogP contribution >= 0.6 is 0 Å². The monoisotopic (exact) mass is 345 g/mol. The first-order valence-corrected chi connectivity index (χ1v) is 8.58. The minimum absolute atomic E-state index is 0.0406. The lowest BCUT2D eigenvalue weighted by Crippen LogP contribution is -2.09. The van der Waals surface area contributed by atoms with E-state index in [0.717, 1.165) is 40.9 Å². The van der Waals surface area contributed by atoms with Crippen molar-refractivity contribution in [2.45, 2.75) is 18.9 Å². The van der Waals surface area contributed by atoms with Crippen LogP contribution in [-0.2, 0) is 6.42 Å². The topological polar surface area (TPSA) is 55.6 Å². The predicted molar refractivity (Wildman–Crippen MR) is 97.7 cm³/mol. The van der Waals surface area contributed by atoms with E-state index in [9.17, 15) is 4.39 Å². The van der Waals surface area contributed by atoms with Gasteiger partial charge in [0.05, 0.1) is 23.3 Å². The summed E-state index contributed by atoms with van der Waals surface area (Å²) in [5.41, 5.74) is 3.88. The lowest BCUT2D eigenvalue weighted by molar-refractivity contribution is 0.624. The fourth-order valence-corrected chi connectivity index (χ4v) is 3.61. The largest absolute Gasteiger partial charge is 0.363 e. The molecule has 0 saturated carbocycles. The highest BCUT2D eigenvalue weighted by molar-refractivity contribution is 5.87. The second-order valence-corrected chi connectivity index (χ2v) is 6.43. The molecule has 1 N–H and O–H groups in total. The molecule has 0 bridgehead atoms. The molecular weight excluding hydrogens is 329 g/mol. The smallest absolute Gasteiger partial charge is 0.168 e. The number of fused-ring (bicyclic) bond motifs is 2. The molecule has 0 spiro atoms. The Hall–Kier alpha value is -3.28. The maximum Gasteiger partial charge on any atom is 0.168 e. The fourth-order valence-electron chi connectivity index (χ4n) is 3.61. The molecule has 4 aromatic rings. The van der Waals surface area contributed by atoms with Crippen molar-refractivity contribution in [3.05, 3.63) is 78.0 Å². The van der Waals surface area contributed by atoms with Crippen LogP contribution in [0.3, 0.4) is 0 Å². The molecule has 0 radical (unpaired) electrons. The lowest BCUT2D eigenvalue weighted by Gasteiger charge is -2.15. The molecule has 5 nitrogen and oxygen atoms in total. The minimum Gasteiger partial charge on any atom is -0.363 e. The Balaban J connectivity index is 1.54. The summed E-state index contributed by atoms with van der Waals surface area (Å²) in [6.07, 6.45) is 5.15. The third kappa shape index (κ3) is 2.42. The van der Waals surface area contributed by atoms with Crippen molar-refractivity contribution >= 4 is 16.9 Å². The zero-order valence-corrected chi connectivity index (χ0v) is 13.9. The fraction of sp³-hybridized carbons (Fsp3) is 0.150. The number of hydrogen-bond acceptors (Lipinski definition) is 4. The summed E-state index contributed by atoms with van der Waals surface area (Å²) < 4.78 is 15.4. The Morgan fingerprint density at radius 3 is 2.85 bits per heavy atom. The number of halogens is 1. The van der Waals surface area contributed by atoms with Gasteiger partial charge in [-0.15, -0.1) is 0 Å². The van der Waals surface area contributed by atoms with E-state index in [1.165, 1.54) is 18.0 Å². The van der Waals surface area contributed by atoms with E-state index in [0.29, 0.717) is 0 Å². The summed E-state index contributed by atoms with van der Waals surface area (Å²) in [4.78, 5) is 8.80. The first-order valence-electron chi connectivity index (χ1n) is 8.58. The third-order valence-corrected chi connectivity index (χ3v) is 4.86. The molecule has 0 aliphatic heterocycles. The van der Waals surface area contributed by atoms with Gasteiger partial charge in [-0.25, -0.2) is 19.0 Å².